The molecule has 1 aliphatic heterocycles. The van der Waals surface area contributed by atoms with Gasteiger partial charge in [-0.3, -0.25) is 9.69 Å². The Morgan fingerprint density at radius 3 is 2.53 bits per heavy atom. The molecule has 0 spiro atoms. The van der Waals surface area contributed by atoms with Gasteiger partial charge < -0.3 is 10.1 Å². The fourth-order valence-corrected chi connectivity index (χ4v) is 4.84. The molecule has 2 heterocycles. The highest BCUT2D eigenvalue weighted by Gasteiger charge is 2.33. The smallest absolute Gasteiger partial charge is 0.225 e. The molecule has 0 radical (unpaired) electrons. The Morgan fingerprint density at radius 1 is 1.27 bits per heavy atom. The highest BCUT2D eigenvalue weighted by Crippen LogP contribution is 2.34. The van der Waals surface area contributed by atoms with Crippen LogP contribution in [0.15, 0.2) is 23.7 Å². The van der Waals surface area contributed by atoms with E-state index in [4.69, 9.17) is 4.74 Å². The fourth-order valence-electron chi connectivity index (χ4n) is 4.06. The summed E-state index contributed by atoms with van der Waals surface area (Å²) in [6, 6.07) is 4.27. The number of likely N-dealkylation sites (tertiary alicyclic amines) is 1. The lowest BCUT2D eigenvalue weighted by molar-refractivity contribution is -0.129. The van der Waals surface area contributed by atoms with E-state index in [1.807, 2.05) is 32.3 Å². The number of aromatic nitrogens is 1. The molecule has 1 N–H and O–H groups in total. The Bertz CT molecular complexity index is 850. The number of amides is 1. The molecule has 1 aromatic heterocycles. The van der Waals surface area contributed by atoms with Gasteiger partial charge in [0, 0.05) is 23.5 Å². The van der Waals surface area contributed by atoms with Crippen LogP contribution < -0.4 is 10.1 Å². The van der Waals surface area contributed by atoms with Gasteiger partial charge in [0.15, 0.2) is 0 Å². The van der Waals surface area contributed by atoms with Crippen LogP contribution in [0.5, 0.6) is 5.75 Å². The second kappa shape index (κ2) is 9.48. The van der Waals surface area contributed by atoms with Gasteiger partial charge in [0.25, 0.3) is 0 Å². The van der Waals surface area contributed by atoms with Crippen molar-refractivity contribution in [2.45, 2.75) is 60.0 Å². The molecule has 0 bridgehead atoms. The van der Waals surface area contributed by atoms with Gasteiger partial charge in [0.2, 0.25) is 5.91 Å². The van der Waals surface area contributed by atoms with Crippen molar-refractivity contribution in [3.8, 4) is 5.75 Å². The zero-order chi connectivity index (χ0) is 21.9. The number of piperidine rings is 1. The summed E-state index contributed by atoms with van der Waals surface area (Å²) in [6.07, 6.45) is 3.95. The van der Waals surface area contributed by atoms with E-state index < -0.39 is 5.41 Å². The van der Waals surface area contributed by atoms with Crippen LogP contribution in [-0.2, 0) is 11.3 Å². The molecule has 1 aromatic carbocycles. The van der Waals surface area contributed by atoms with E-state index in [9.17, 15) is 4.79 Å². The normalized spacial score (nSPS) is 17.0. The minimum Gasteiger partial charge on any atom is -0.496 e. The van der Waals surface area contributed by atoms with Crippen LogP contribution in [0.2, 0.25) is 0 Å². The largest absolute Gasteiger partial charge is 0.496 e. The molecule has 1 unspecified atom stereocenters. The zero-order valence-corrected chi connectivity index (χ0v) is 19.9. The van der Waals surface area contributed by atoms with Gasteiger partial charge in [0.05, 0.1) is 13.2 Å². The number of carbonyl (C=O) groups is 1. The number of carbonyl (C=O) groups excluding carboxylic acids is 1. The third-order valence-electron chi connectivity index (χ3n) is 6.25. The molecule has 1 amide bonds. The highest BCUT2D eigenvalue weighted by atomic mass is 32.1. The summed E-state index contributed by atoms with van der Waals surface area (Å²) >= 11 is 1.64. The molecular formula is C24H35N3O2S. The van der Waals surface area contributed by atoms with E-state index in [1.165, 1.54) is 16.7 Å². The summed E-state index contributed by atoms with van der Waals surface area (Å²) in [5.41, 5.74) is 3.50. The lowest BCUT2D eigenvalue weighted by Gasteiger charge is -2.37. The van der Waals surface area contributed by atoms with Crippen molar-refractivity contribution in [3.05, 3.63) is 45.4 Å². The lowest BCUT2D eigenvalue weighted by atomic mass is 9.87. The van der Waals surface area contributed by atoms with Crippen LogP contribution in [0.4, 0.5) is 0 Å². The Morgan fingerprint density at radius 2 is 1.97 bits per heavy atom. The van der Waals surface area contributed by atoms with Gasteiger partial charge in [-0.05, 0) is 68.5 Å². The highest BCUT2D eigenvalue weighted by molar-refractivity contribution is 7.09. The van der Waals surface area contributed by atoms with Crippen LogP contribution in [0.1, 0.15) is 61.4 Å². The first-order chi connectivity index (χ1) is 14.2. The molecule has 3 rings (SSSR count). The third-order valence-corrected chi connectivity index (χ3v) is 7.11. The summed E-state index contributed by atoms with van der Waals surface area (Å²) in [5, 5.41) is 6.32. The number of methoxy groups -OCH3 is 1. The van der Waals surface area contributed by atoms with Gasteiger partial charge >= 0.3 is 0 Å². The van der Waals surface area contributed by atoms with Crippen molar-refractivity contribution in [1.82, 2.24) is 15.2 Å². The molecule has 2 aromatic rings. The number of ether oxygens (including phenoxy) is 1. The molecule has 1 fully saturated rings. The number of nitrogens with one attached hydrogen (secondary N) is 1. The first kappa shape index (κ1) is 22.8. The molecule has 0 saturated carbocycles. The summed E-state index contributed by atoms with van der Waals surface area (Å²) in [6.45, 7) is 13.2. The molecular weight excluding hydrogens is 394 g/mol. The molecule has 5 nitrogen and oxygen atoms in total. The minimum absolute atomic E-state index is 0.00356. The standard InChI is InChI=1S/C24H35N3O2S/c1-16-17(2)20(29-6)8-7-19(16)15-27-12-9-18(10-13-27)21(22-25-11-14-30-22)26-23(28)24(3,4)5/h7-8,11,14,18,21H,9-10,12-13,15H2,1-6H3,(H,26,28). The average molecular weight is 430 g/mol. The molecule has 6 heteroatoms. The van der Waals surface area contributed by atoms with Crippen molar-refractivity contribution < 1.29 is 9.53 Å². The van der Waals surface area contributed by atoms with E-state index in [-0.39, 0.29) is 11.9 Å². The summed E-state index contributed by atoms with van der Waals surface area (Å²) < 4.78 is 5.45. The summed E-state index contributed by atoms with van der Waals surface area (Å²) in [7, 11) is 1.73. The molecule has 30 heavy (non-hydrogen) atoms. The fraction of sp³-hybridized carbons (Fsp3) is 0.583. The first-order valence-corrected chi connectivity index (χ1v) is 11.6. The molecule has 1 aliphatic rings. The number of thiazole rings is 1. The van der Waals surface area contributed by atoms with Crippen LogP contribution >= 0.6 is 11.3 Å². The summed E-state index contributed by atoms with van der Waals surface area (Å²) in [4.78, 5) is 19.7. The van der Waals surface area contributed by atoms with Crippen molar-refractivity contribution in [3.63, 3.8) is 0 Å². The lowest BCUT2D eigenvalue weighted by Crippen LogP contribution is -2.43. The molecule has 1 saturated heterocycles. The van der Waals surface area contributed by atoms with E-state index in [2.05, 4.69) is 41.2 Å². The molecule has 164 valence electrons. The molecule has 1 atom stereocenters. The van der Waals surface area contributed by atoms with Gasteiger partial charge in [-0.2, -0.15) is 0 Å². The quantitative estimate of drug-likeness (QED) is 0.711. The predicted octanol–water partition coefficient (Wildman–Crippen LogP) is 4.88. The van der Waals surface area contributed by atoms with Crippen LogP contribution in [0.3, 0.4) is 0 Å². The number of benzene rings is 1. The number of nitrogens with zero attached hydrogens (tertiary/aromatic N) is 2. The summed E-state index contributed by atoms with van der Waals surface area (Å²) in [5.74, 6) is 1.46. The second-order valence-electron chi connectivity index (χ2n) is 9.36. The van der Waals surface area contributed by atoms with E-state index in [0.717, 1.165) is 43.2 Å². The van der Waals surface area contributed by atoms with E-state index >= 15 is 0 Å². The number of rotatable bonds is 6. The second-order valence-corrected chi connectivity index (χ2v) is 10.3. The molecule has 0 aliphatic carbocycles. The van der Waals surface area contributed by atoms with Gasteiger partial charge in [-0.15, -0.1) is 11.3 Å². The van der Waals surface area contributed by atoms with Gasteiger partial charge in [-0.25, -0.2) is 4.98 Å². The third kappa shape index (κ3) is 5.22. The monoisotopic (exact) mass is 429 g/mol. The van der Waals surface area contributed by atoms with Crippen molar-refractivity contribution in [2.75, 3.05) is 20.2 Å². The van der Waals surface area contributed by atoms with Crippen molar-refractivity contribution in [1.29, 1.82) is 0 Å². The zero-order valence-electron chi connectivity index (χ0n) is 19.1. The van der Waals surface area contributed by atoms with E-state index in [1.54, 1.807) is 18.4 Å². The first-order valence-electron chi connectivity index (χ1n) is 10.8. The van der Waals surface area contributed by atoms with Crippen LogP contribution in [0.25, 0.3) is 0 Å². The van der Waals surface area contributed by atoms with Crippen LogP contribution in [-0.4, -0.2) is 36.0 Å². The topological polar surface area (TPSA) is 54.5 Å². The average Bonchev–Trinajstić information content (AvgIpc) is 3.24. The maximum absolute atomic E-state index is 12.7. The number of hydrogen-bond acceptors (Lipinski definition) is 5. The van der Waals surface area contributed by atoms with Gasteiger partial charge in [-0.1, -0.05) is 26.8 Å². The van der Waals surface area contributed by atoms with Crippen molar-refractivity contribution in [2.24, 2.45) is 11.3 Å². The maximum Gasteiger partial charge on any atom is 0.225 e. The SMILES string of the molecule is COc1ccc(CN2CCC(C(NC(=O)C(C)(C)C)c3nccs3)CC2)c(C)c1C. The Kier molecular flexibility index (Phi) is 7.19. The number of hydrogen-bond donors (Lipinski definition) is 1. The van der Waals surface area contributed by atoms with Gasteiger partial charge in [0.1, 0.15) is 10.8 Å². The Balaban J connectivity index is 1.65. The maximum atomic E-state index is 12.7. The Hall–Kier alpha value is -1.92. The van der Waals surface area contributed by atoms with Crippen LogP contribution in [0, 0.1) is 25.2 Å². The Labute approximate surface area is 184 Å². The minimum atomic E-state index is -0.403. The predicted molar refractivity (Wildman–Crippen MR) is 123 cm³/mol. The van der Waals surface area contributed by atoms with E-state index in [0.29, 0.717) is 5.92 Å². The van der Waals surface area contributed by atoms with Crippen molar-refractivity contribution >= 4 is 17.2 Å².